The molecule has 0 fully saturated rings. The molecule has 1 heterocycles. The molecule has 17 heavy (non-hydrogen) atoms. The molecule has 2 N–H and O–H groups in total. The lowest BCUT2D eigenvalue weighted by Crippen LogP contribution is -2.40. The average molecular weight is 273 g/mol. The fourth-order valence-electron chi connectivity index (χ4n) is 1.32. The molecule has 0 saturated heterocycles. The van der Waals surface area contributed by atoms with Crippen molar-refractivity contribution in [3.63, 3.8) is 0 Å². The Balaban J connectivity index is 2.42. The fourth-order valence-corrected chi connectivity index (χ4v) is 2.78. The summed E-state index contributed by atoms with van der Waals surface area (Å²) < 4.78 is 0. The summed E-state index contributed by atoms with van der Waals surface area (Å²) in [6, 6.07) is 1.86. The van der Waals surface area contributed by atoms with E-state index in [0.29, 0.717) is 17.8 Å². The third kappa shape index (κ3) is 5.10. The number of hydrogen-bond donors (Lipinski definition) is 2. The molecule has 0 aliphatic rings. The van der Waals surface area contributed by atoms with Gasteiger partial charge in [-0.15, -0.1) is 11.3 Å². The summed E-state index contributed by atoms with van der Waals surface area (Å²) >= 11 is 3.12. The first-order valence-corrected chi connectivity index (χ1v) is 7.76. The summed E-state index contributed by atoms with van der Waals surface area (Å²) in [5.74, 6) is 0.786. The summed E-state index contributed by atoms with van der Waals surface area (Å²) in [5.41, 5.74) is 0.264. The zero-order valence-corrected chi connectivity index (χ0v) is 12.1. The molecule has 0 saturated carbocycles. The molecule has 0 spiro atoms. The first-order valence-electron chi connectivity index (χ1n) is 5.49. The minimum atomic E-state index is -0.828. The van der Waals surface area contributed by atoms with Crippen LogP contribution in [0.4, 0.5) is 0 Å². The van der Waals surface area contributed by atoms with Crippen LogP contribution >= 0.6 is 23.1 Å². The van der Waals surface area contributed by atoms with Crippen molar-refractivity contribution in [3.05, 3.63) is 21.9 Å². The Labute approximate surface area is 111 Å². The number of aliphatic hydroxyl groups is 1. The van der Waals surface area contributed by atoms with Gasteiger partial charge in [-0.3, -0.25) is 4.79 Å². The zero-order valence-electron chi connectivity index (χ0n) is 10.4. The van der Waals surface area contributed by atoms with Gasteiger partial charge < -0.3 is 10.4 Å². The quantitative estimate of drug-likeness (QED) is 0.836. The summed E-state index contributed by atoms with van der Waals surface area (Å²) in [6.45, 7) is 4.01. The van der Waals surface area contributed by atoms with Crippen LogP contribution in [0.25, 0.3) is 0 Å². The van der Waals surface area contributed by atoms with Crippen LogP contribution < -0.4 is 5.32 Å². The Bertz CT molecular complexity index is 374. The van der Waals surface area contributed by atoms with Gasteiger partial charge in [-0.2, -0.15) is 11.8 Å². The monoisotopic (exact) mass is 273 g/mol. The van der Waals surface area contributed by atoms with Gasteiger partial charge in [0.05, 0.1) is 10.5 Å². The molecule has 1 aromatic rings. The number of aryl methyl sites for hydroxylation is 1. The molecule has 5 heteroatoms. The van der Waals surface area contributed by atoms with E-state index in [1.807, 2.05) is 24.6 Å². The van der Waals surface area contributed by atoms with Crippen LogP contribution in [0.2, 0.25) is 0 Å². The number of thiophene rings is 1. The summed E-state index contributed by atoms with van der Waals surface area (Å²) in [4.78, 5) is 12.5. The summed E-state index contributed by atoms with van der Waals surface area (Å²) in [5, 5.41) is 14.7. The number of rotatable bonds is 6. The Morgan fingerprint density at radius 3 is 2.88 bits per heavy atom. The van der Waals surface area contributed by atoms with E-state index >= 15 is 0 Å². The van der Waals surface area contributed by atoms with Crippen LogP contribution in [0.15, 0.2) is 11.4 Å². The number of thioether (sulfide) groups is 1. The largest absolute Gasteiger partial charge is 0.388 e. The molecular formula is C12H19NO2S2. The normalized spacial score (nSPS) is 14.4. The van der Waals surface area contributed by atoms with Crippen molar-refractivity contribution in [2.24, 2.45) is 0 Å². The second-order valence-electron chi connectivity index (χ2n) is 4.41. The van der Waals surface area contributed by atoms with E-state index in [1.54, 1.807) is 18.7 Å². The van der Waals surface area contributed by atoms with Gasteiger partial charge in [-0.05, 0) is 49.3 Å². The smallest absolute Gasteiger partial charge is 0.261 e. The number of carbonyl (C=O) groups is 1. The minimum absolute atomic E-state index is 0.104. The van der Waals surface area contributed by atoms with Gasteiger partial charge in [0.15, 0.2) is 0 Å². The summed E-state index contributed by atoms with van der Waals surface area (Å²) in [7, 11) is 0. The van der Waals surface area contributed by atoms with Gasteiger partial charge in [0.1, 0.15) is 0 Å². The standard InChI is InChI=1S/C12H19NO2S2/c1-9-6-10(17-7-9)11(14)13-8-12(2,15)4-5-16-3/h6-7,15H,4-5,8H2,1-3H3,(H,13,14)/t12-/m1/s1. The van der Waals surface area contributed by atoms with Crippen molar-refractivity contribution >= 4 is 29.0 Å². The molecule has 0 bridgehead atoms. The first-order chi connectivity index (χ1) is 7.94. The minimum Gasteiger partial charge on any atom is -0.388 e. The van der Waals surface area contributed by atoms with E-state index in [4.69, 9.17) is 0 Å². The van der Waals surface area contributed by atoms with Crippen LogP contribution in [0.5, 0.6) is 0 Å². The molecule has 1 rings (SSSR count). The number of carbonyl (C=O) groups excluding carboxylic acids is 1. The van der Waals surface area contributed by atoms with Gasteiger partial charge in [-0.1, -0.05) is 0 Å². The lowest BCUT2D eigenvalue weighted by atomic mass is 10.0. The van der Waals surface area contributed by atoms with Crippen molar-refractivity contribution in [2.45, 2.75) is 25.9 Å². The maximum absolute atomic E-state index is 11.8. The summed E-state index contributed by atoms with van der Waals surface area (Å²) in [6.07, 6.45) is 2.68. The first kappa shape index (κ1) is 14.5. The topological polar surface area (TPSA) is 49.3 Å². The van der Waals surface area contributed by atoms with Crippen molar-refractivity contribution in [1.29, 1.82) is 0 Å². The van der Waals surface area contributed by atoms with Crippen LogP contribution in [-0.4, -0.2) is 35.2 Å². The maximum Gasteiger partial charge on any atom is 0.261 e. The third-order valence-corrected chi connectivity index (χ3v) is 4.09. The zero-order chi connectivity index (χ0) is 12.9. The van der Waals surface area contributed by atoms with Crippen molar-refractivity contribution in [1.82, 2.24) is 5.32 Å². The highest BCUT2D eigenvalue weighted by atomic mass is 32.2. The second kappa shape index (κ2) is 6.42. The van der Waals surface area contributed by atoms with Crippen molar-refractivity contribution in [2.75, 3.05) is 18.6 Å². The SMILES string of the molecule is CSCC[C@@](C)(O)CNC(=O)c1cc(C)cs1. The van der Waals surface area contributed by atoms with E-state index in [-0.39, 0.29) is 5.91 Å². The molecule has 96 valence electrons. The number of hydrogen-bond acceptors (Lipinski definition) is 4. The van der Waals surface area contributed by atoms with Crippen LogP contribution in [0.1, 0.15) is 28.6 Å². The second-order valence-corrected chi connectivity index (χ2v) is 6.31. The highest BCUT2D eigenvalue weighted by Gasteiger charge is 2.21. The van der Waals surface area contributed by atoms with Crippen molar-refractivity contribution < 1.29 is 9.90 Å². The van der Waals surface area contributed by atoms with E-state index in [2.05, 4.69) is 5.32 Å². The van der Waals surface area contributed by atoms with Crippen LogP contribution in [0.3, 0.4) is 0 Å². The van der Waals surface area contributed by atoms with Crippen LogP contribution in [-0.2, 0) is 0 Å². The van der Waals surface area contributed by atoms with Crippen molar-refractivity contribution in [3.8, 4) is 0 Å². The molecule has 0 unspecified atom stereocenters. The maximum atomic E-state index is 11.8. The Morgan fingerprint density at radius 2 is 2.35 bits per heavy atom. The predicted molar refractivity (Wildman–Crippen MR) is 75.0 cm³/mol. The molecule has 1 atom stereocenters. The molecule has 0 aliphatic heterocycles. The highest BCUT2D eigenvalue weighted by molar-refractivity contribution is 7.98. The fraction of sp³-hybridized carbons (Fsp3) is 0.583. The molecule has 0 radical (unpaired) electrons. The third-order valence-electron chi connectivity index (χ3n) is 2.43. The molecular weight excluding hydrogens is 254 g/mol. The Morgan fingerprint density at radius 1 is 1.65 bits per heavy atom. The average Bonchev–Trinajstić information content (AvgIpc) is 2.70. The van der Waals surface area contributed by atoms with E-state index < -0.39 is 5.60 Å². The van der Waals surface area contributed by atoms with E-state index in [0.717, 1.165) is 11.3 Å². The van der Waals surface area contributed by atoms with E-state index in [1.165, 1.54) is 11.3 Å². The van der Waals surface area contributed by atoms with Gasteiger partial charge in [-0.25, -0.2) is 0 Å². The Kier molecular flexibility index (Phi) is 5.49. The van der Waals surface area contributed by atoms with Gasteiger partial charge >= 0.3 is 0 Å². The number of amides is 1. The predicted octanol–water partition coefficient (Wildman–Crippen LogP) is 2.29. The number of nitrogens with one attached hydrogen (secondary N) is 1. The molecule has 3 nitrogen and oxygen atoms in total. The molecule has 0 aromatic carbocycles. The Hall–Kier alpha value is -0.520. The lowest BCUT2D eigenvalue weighted by molar-refractivity contribution is 0.0529. The van der Waals surface area contributed by atoms with Gasteiger partial charge in [0.2, 0.25) is 0 Å². The van der Waals surface area contributed by atoms with E-state index in [9.17, 15) is 9.90 Å². The van der Waals surface area contributed by atoms with Crippen LogP contribution in [0, 0.1) is 6.92 Å². The van der Waals surface area contributed by atoms with Gasteiger partial charge in [0, 0.05) is 6.54 Å². The molecule has 1 amide bonds. The molecule has 0 aliphatic carbocycles. The van der Waals surface area contributed by atoms with Gasteiger partial charge in [0.25, 0.3) is 5.91 Å². The lowest BCUT2D eigenvalue weighted by Gasteiger charge is -2.23. The highest BCUT2D eigenvalue weighted by Crippen LogP contribution is 2.15. The molecule has 1 aromatic heterocycles.